The van der Waals surface area contributed by atoms with Gasteiger partial charge in [-0.25, -0.2) is 0 Å². The zero-order chi connectivity index (χ0) is 12.3. The van der Waals surface area contributed by atoms with Crippen LogP contribution in [0.4, 0.5) is 0 Å². The van der Waals surface area contributed by atoms with E-state index in [-0.39, 0.29) is 0 Å². The van der Waals surface area contributed by atoms with E-state index < -0.39 is 0 Å². The molecule has 2 atom stereocenters. The van der Waals surface area contributed by atoms with Gasteiger partial charge in [0.05, 0.1) is 0 Å². The van der Waals surface area contributed by atoms with Crippen LogP contribution in [0.2, 0.25) is 0 Å². The van der Waals surface area contributed by atoms with Crippen molar-refractivity contribution in [1.82, 2.24) is 5.32 Å². The highest BCUT2D eigenvalue weighted by molar-refractivity contribution is 5.28. The van der Waals surface area contributed by atoms with E-state index in [1.807, 2.05) is 0 Å². The lowest BCUT2D eigenvalue weighted by Gasteiger charge is -2.12. The molecule has 1 aliphatic carbocycles. The summed E-state index contributed by atoms with van der Waals surface area (Å²) in [5.74, 6) is 1.86. The molecule has 0 heterocycles. The average Bonchev–Trinajstić information content (AvgIpc) is 2.63. The van der Waals surface area contributed by atoms with E-state index >= 15 is 0 Å². The summed E-state index contributed by atoms with van der Waals surface area (Å²) in [7, 11) is 0. The van der Waals surface area contributed by atoms with Crippen molar-refractivity contribution >= 4 is 0 Å². The van der Waals surface area contributed by atoms with Crippen molar-refractivity contribution in [2.24, 2.45) is 11.8 Å². The van der Waals surface area contributed by atoms with E-state index in [4.69, 9.17) is 0 Å². The second-order valence-corrected chi connectivity index (χ2v) is 5.91. The number of aryl methyl sites for hydroxylation is 2. The Morgan fingerprint density at radius 2 is 1.82 bits per heavy atom. The van der Waals surface area contributed by atoms with Crippen molar-refractivity contribution in [3.8, 4) is 0 Å². The van der Waals surface area contributed by atoms with Gasteiger partial charge >= 0.3 is 0 Å². The highest BCUT2D eigenvalue weighted by atomic mass is 14.9. The quantitative estimate of drug-likeness (QED) is 0.830. The second kappa shape index (κ2) is 5.68. The maximum absolute atomic E-state index is 3.62. The highest BCUT2D eigenvalue weighted by Crippen LogP contribution is 2.29. The molecular formula is C16H25N. The molecule has 1 heteroatoms. The van der Waals surface area contributed by atoms with E-state index in [0.717, 1.165) is 18.4 Å². The maximum Gasteiger partial charge on any atom is 0.0205 e. The number of hydrogen-bond acceptors (Lipinski definition) is 1. The topological polar surface area (TPSA) is 12.0 Å². The van der Waals surface area contributed by atoms with E-state index in [2.05, 4.69) is 44.3 Å². The molecule has 1 aromatic carbocycles. The Morgan fingerprint density at radius 1 is 1.12 bits per heavy atom. The minimum Gasteiger partial charge on any atom is -0.312 e. The fraction of sp³-hybridized carbons (Fsp3) is 0.625. The molecule has 2 rings (SSSR count). The summed E-state index contributed by atoms with van der Waals surface area (Å²) < 4.78 is 0. The standard InChI is InChI=1S/C16H25N/c1-12-4-5-15(7-12)10-17-11-16-8-13(2)6-14(3)9-16/h6,8-9,12,15,17H,4-5,7,10-11H2,1-3H3. The molecule has 1 saturated carbocycles. The van der Waals surface area contributed by atoms with Crippen LogP contribution in [0, 0.1) is 25.7 Å². The Hall–Kier alpha value is -0.820. The van der Waals surface area contributed by atoms with Gasteiger partial charge in [-0.2, -0.15) is 0 Å². The smallest absolute Gasteiger partial charge is 0.0205 e. The zero-order valence-electron chi connectivity index (χ0n) is 11.4. The van der Waals surface area contributed by atoms with Gasteiger partial charge in [-0.1, -0.05) is 42.7 Å². The van der Waals surface area contributed by atoms with E-state index in [1.165, 1.54) is 42.5 Å². The van der Waals surface area contributed by atoms with Gasteiger partial charge in [0.15, 0.2) is 0 Å². The molecule has 17 heavy (non-hydrogen) atoms. The van der Waals surface area contributed by atoms with Gasteiger partial charge < -0.3 is 5.32 Å². The Labute approximate surface area is 106 Å². The molecule has 1 nitrogen and oxygen atoms in total. The summed E-state index contributed by atoms with van der Waals surface area (Å²) in [6.45, 7) is 8.94. The molecule has 1 aromatic rings. The number of hydrogen-bond donors (Lipinski definition) is 1. The molecule has 0 aliphatic heterocycles. The van der Waals surface area contributed by atoms with Crippen molar-refractivity contribution in [2.75, 3.05) is 6.54 Å². The van der Waals surface area contributed by atoms with Crippen molar-refractivity contribution in [3.63, 3.8) is 0 Å². The van der Waals surface area contributed by atoms with Crippen molar-refractivity contribution in [3.05, 3.63) is 34.9 Å². The first-order valence-electron chi connectivity index (χ1n) is 6.91. The molecule has 1 fully saturated rings. The number of nitrogens with one attached hydrogen (secondary N) is 1. The highest BCUT2D eigenvalue weighted by Gasteiger charge is 2.20. The molecule has 0 amide bonds. The first-order valence-corrected chi connectivity index (χ1v) is 6.91. The minimum absolute atomic E-state index is 0.913. The molecule has 0 bridgehead atoms. The summed E-state index contributed by atoms with van der Waals surface area (Å²) in [6.07, 6.45) is 4.26. The molecule has 1 N–H and O–H groups in total. The Balaban J connectivity index is 1.78. The summed E-state index contributed by atoms with van der Waals surface area (Å²) in [6, 6.07) is 6.82. The Kier molecular flexibility index (Phi) is 4.22. The van der Waals surface area contributed by atoms with Gasteiger partial charge in [-0.3, -0.25) is 0 Å². The molecule has 1 aliphatic rings. The van der Waals surface area contributed by atoms with E-state index in [0.29, 0.717) is 0 Å². The summed E-state index contributed by atoms with van der Waals surface area (Å²) in [5.41, 5.74) is 4.17. The molecule has 0 aromatic heterocycles. The van der Waals surface area contributed by atoms with Gasteiger partial charge in [-0.05, 0) is 50.6 Å². The lowest BCUT2D eigenvalue weighted by atomic mass is 10.1. The van der Waals surface area contributed by atoms with Crippen molar-refractivity contribution < 1.29 is 0 Å². The van der Waals surface area contributed by atoms with Crippen LogP contribution in [0.1, 0.15) is 42.9 Å². The Bertz CT molecular complexity index is 350. The third-order valence-corrected chi connectivity index (χ3v) is 3.85. The SMILES string of the molecule is Cc1cc(C)cc(CNCC2CCC(C)C2)c1. The monoisotopic (exact) mass is 231 g/mol. The molecule has 0 radical (unpaired) electrons. The van der Waals surface area contributed by atoms with Crippen LogP contribution in [-0.2, 0) is 6.54 Å². The minimum atomic E-state index is 0.913. The normalized spacial score (nSPS) is 24.2. The molecule has 94 valence electrons. The van der Waals surface area contributed by atoms with Crippen molar-refractivity contribution in [2.45, 2.75) is 46.6 Å². The molecule has 2 unspecified atom stereocenters. The van der Waals surface area contributed by atoms with Gasteiger partial charge in [0, 0.05) is 6.54 Å². The lowest BCUT2D eigenvalue weighted by molar-refractivity contribution is 0.470. The Morgan fingerprint density at radius 3 is 2.41 bits per heavy atom. The van der Waals surface area contributed by atoms with Crippen LogP contribution < -0.4 is 5.32 Å². The largest absolute Gasteiger partial charge is 0.312 e. The zero-order valence-corrected chi connectivity index (χ0v) is 11.4. The lowest BCUT2D eigenvalue weighted by Crippen LogP contribution is -2.21. The first-order chi connectivity index (χ1) is 8.13. The van der Waals surface area contributed by atoms with Crippen LogP contribution in [0.3, 0.4) is 0 Å². The number of rotatable bonds is 4. The van der Waals surface area contributed by atoms with Crippen molar-refractivity contribution in [1.29, 1.82) is 0 Å². The summed E-state index contributed by atoms with van der Waals surface area (Å²) in [4.78, 5) is 0. The third kappa shape index (κ3) is 3.85. The molecule has 0 spiro atoms. The van der Waals surface area contributed by atoms with Gasteiger partial charge in [-0.15, -0.1) is 0 Å². The van der Waals surface area contributed by atoms with Gasteiger partial charge in [0.2, 0.25) is 0 Å². The fourth-order valence-corrected chi connectivity index (χ4v) is 3.10. The fourth-order valence-electron chi connectivity index (χ4n) is 3.10. The van der Waals surface area contributed by atoms with Crippen LogP contribution in [0.5, 0.6) is 0 Å². The van der Waals surface area contributed by atoms with Gasteiger partial charge in [0.25, 0.3) is 0 Å². The number of benzene rings is 1. The summed E-state index contributed by atoms with van der Waals surface area (Å²) in [5, 5.41) is 3.62. The first kappa shape index (κ1) is 12.6. The van der Waals surface area contributed by atoms with E-state index in [9.17, 15) is 0 Å². The van der Waals surface area contributed by atoms with E-state index in [1.54, 1.807) is 0 Å². The predicted octanol–water partition coefficient (Wildman–Crippen LogP) is 3.83. The van der Waals surface area contributed by atoms with Gasteiger partial charge in [0.1, 0.15) is 0 Å². The third-order valence-electron chi connectivity index (χ3n) is 3.85. The van der Waals surface area contributed by atoms with Crippen LogP contribution in [-0.4, -0.2) is 6.54 Å². The van der Waals surface area contributed by atoms with Crippen LogP contribution in [0.15, 0.2) is 18.2 Å². The average molecular weight is 231 g/mol. The molecule has 0 saturated heterocycles. The maximum atomic E-state index is 3.62. The molecular weight excluding hydrogens is 206 g/mol. The summed E-state index contributed by atoms with van der Waals surface area (Å²) >= 11 is 0. The predicted molar refractivity (Wildman–Crippen MR) is 74.1 cm³/mol. The van der Waals surface area contributed by atoms with Crippen LogP contribution in [0.25, 0.3) is 0 Å². The second-order valence-electron chi connectivity index (χ2n) is 5.91. The van der Waals surface area contributed by atoms with Crippen LogP contribution >= 0.6 is 0 Å².